The fraction of sp³-hybridized carbons (Fsp3) is 0.360. The molecule has 0 saturated carbocycles. The number of nitrogens with one attached hydrogen (secondary N) is 1. The molecule has 1 aliphatic heterocycles. The third kappa shape index (κ3) is 5.77. The average molecular weight is 448 g/mol. The van der Waals surface area contributed by atoms with Crippen LogP contribution < -0.4 is 10.9 Å². The molecule has 1 fully saturated rings. The second-order valence-electron chi connectivity index (χ2n) is 8.53. The highest BCUT2D eigenvalue weighted by atomic mass is 16.2. The Morgan fingerprint density at radius 2 is 1.94 bits per heavy atom. The highest BCUT2D eigenvalue weighted by molar-refractivity contribution is 5.94. The van der Waals surface area contributed by atoms with Crippen molar-refractivity contribution in [3.63, 3.8) is 0 Å². The van der Waals surface area contributed by atoms with Gasteiger partial charge in [0, 0.05) is 50.8 Å². The van der Waals surface area contributed by atoms with Crippen LogP contribution in [0.2, 0.25) is 0 Å². The number of nitrogens with zero attached hydrogens (tertiary/aromatic N) is 4. The molecule has 1 atom stereocenters. The van der Waals surface area contributed by atoms with Gasteiger partial charge in [-0.25, -0.2) is 4.98 Å². The van der Waals surface area contributed by atoms with Gasteiger partial charge >= 0.3 is 0 Å². The molecule has 1 N–H and O–H groups in total. The molecule has 0 radical (unpaired) electrons. The summed E-state index contributed by atoms with van der Waals surface area (Å²) >= 11 is 0. The Morgan fingerprint density at radius 1 is 1.12 bits per heavy atom. The lowest BCUT2D eigenvalue weighted by atomic mass is 9.97. The third-order valence-electron chi connectivity index (χ3n) is 6.06. The van der Waals surface area contributed by atoms with Crippen LogP contribution in [0.5, 0.6) is 0 Å². The van der Waals surface area contributed by atoms with Crippen molar-refractivity contribution in [2.75, 3.05) is 13.1 Å². The lowest BCUT2D eigenvalue weighted by molar-refractivity contribution is -0.121. The lowest BCUT2D eigenvalue weighted by Crippen LogP contribution is -2.41. The van der Waals surface area contributed by atoms with Crippen molar-refractivity contribution in [2.24, 2.45) is 5.92 Å². The highest BCUT2D eigenvalue weighted by Gasteiger charge is 2.25. The molecular formula is C25H29N5O3. The largest absolute Gasteiger partial charge is 0.350 e. The second-order valence-corrected chi connectivity index (χ2v) is 8.53. The van der Waals surface area contributed by atoms with E-state index in [9.17, 15) is 14.4 Å². The first-order valence-electron chi connectivity index (χ1n) is 11.3. The molecule has 172 valence electrons. The summed E-state index contributed by atoms with van der Waals surface area (Å²) in [5.41, 5.74) is 1.09. The van der Waals surface area contributed by atoms with Gasteiger partial charge in [-0.3, -0.25) is 14.4 Å². The van der Waals surface area contributed by atoms with Gasteiger partial charge < -0.3 is 19.4 Å². The zero-order chi connectivity index (χ0) is 23.2. The number of imidazole rings is 1. The molecule has 2 amide bonds. The Bertz CT molecular complexity index is 1170. The van der Waals surface area contributed by atoms with E-state index in [-0.39, 0.29) is 23.9 Å². The minimum Gasteiger partial charge on any atom is -0.350 e. The summed E-state index contributed by atoms with van der Waals surface area (Å²) in [4.78, 5) is 43.9. The maximum Gasteiger partial charge on any atom is 0.255 e. The van der Waals surface area contributed by atoms with Gasteiger partial charge in [0.05, 0.1) is 5.56 Å². The Morgan fingerprint density at radius 3 is 2.70 bits per heavy atom. The van der Waals surface area contributed by atoms with Crippen LogP contribution in [0.4, 0.5) is 0 Å². The minimum absolute atomic E-state index is 0.111. The first-order chi connectivity index (χ1) is 16.0. The number of carbonyl (C=O) groups excluding carboxylic acids is 2. The number of pyridine rings is 1. The van der Waals surface area contributed by atoms with E-state index < -0.39 is 0 Å². The van der Waals surface area contributed by atoms with Gasteiger partial charge in [0.1, 0.15) is 12.4 Å². The van der Waals surface area contributed by atoms with E-state index in [2.05, 4.69) is 14.9 Å². The molecule has 3 heterocycles. The quantitative estimate of drug-likeness (QED) is 0.602. The Balaban J connectivity index is 1.38. The SMILES string of the molecule is Cc1nccn1C[C@H]1CCCN(C(=O)c2ccc(=O)n(CC(=O)NCc3ccccc3)c2)C1. The van der Waals surface area contributed by atoms with Crippen LogP contribution in [0.25, 0.3) is 0 Å². The molecular weight excluding hydrogens is 418 g/mol. The summed E-state index contributed by atoms with van der Waals surface area (Å²) in [5.74, 6) is 0.932. The fourth-order valence-electron chi connectivity index (χ4n) is 4.24. The van der Waals surface area contributed by atoms with E-state index in [1.807, 2.05) is 48.4 Å². The van der Waals surface area contributed by atoms with Crippen molar-refractivity contribution in [2.45, 2.75) is 39.4 Å². The van der Waals surface area contributed by atoms with Crippen molar-refractivity contribution in [1.82, 2.24) is 24.3 Å². The standard InChI is InChI=1S/C25H29N5O3/c1-19-26-11-13-28(19)15-21-8-5-12-29(16-21)25(33)22-9-10-24(32)30(17-22)18-23(31)27-14-20-6-3-2-4-7-20/h2-4,6-7,9-11,13,17,21H,5,8,12,14-16,18H2,1H3,(H,27,31)/t21-/m1/s1. The monoisotopic (exact) mass is 447 g/mol. The number of carbonyl (C=O) groups is 2. The summed E-state index contributed by atoms with van der Waals surface area (Å²) in [6.45, 7) is 4.41. The average Bonchev–Trinajstić information content (AvgIpc) is 3.23. The van der Waals surface area contributed by atoms with E-state index in [1.54, 1.807) is 12.3 Å². The molecule has 3 aromatic rings. The topological polar surface area (TPSA) is 89.2 Å². The van der Waals surface area contributed by atoms with Crippen molar-refractivity contribution in [3.05, 3.63) is 88.4 Å². The maximum absolute atomic E-state index is 13.2. The fourth-order valence-corrected chi connectivity index (χ4v) is 4.24. The zero-order valence-corrected chi connectivity index (χ0v) is 18.8. The van der Waals surface area contributed by atoms with Gasteiger partial charge in [-0.15, -0.1) is 0 Å². The summed E-state index contributed by atoms with van der Waals surface area (Å²) in [6, 6.07) is 12.5. The molecule has 0 aliphatic carbocycles. The Hall–Kier alpha value is -3.68. The summed E-state index contributed by atoms with van der Waals surface area (Å²) in [7, 11) is 0. The molecule has 33 heavy (non-hydrogen) atoms. The smallest absolute Gasteiger partial charge is 0.255 e. The first-order valence-corrected chi connectivity index (χ1v) is 11.3. The molecule has 2 aromatic heterocycles. The number of likely N-dealkylation sites (tertiary alicyclic amines) is 1. The van der Waals surface area contributed by atoms with Crippen LogP contribution in [0, 0.1) is 12.8 Å². The molecule has 0 unspecified atom stereocenters. The van der Waals surface area contributed by atoms with Crippen LogP contribution in [-0.2, 0) is 24.4 Å². The van der Waals surface area contributed by atoms with Crippen molar-refractivity contribution >= 4 is 11.8 Å². The van der Waals surface area contributed by atoms with Gasteiger partial charge in [0.25, 0.3) is 11.5 Å². The van der Waals surface area contributed by atoms with Crippen molar-refractivity contribution < 1.29 is 9.59 Å². The number of aromatic nitrogens is 3. The van der Waals surface area contributed by atoms with Crippen molar-refractivity contribution in [1.29, 1.82) is 0 Å². The molecule has 8 nitrogen and oxygen atoms in total. The highest BCUT2D eigenvalue weighted by Crippen LogP contribution is 2.20. The molecule has 0 bridgehead atoms. The predicted octanol–water partition coefficient (Wildman–Crippen LogP) is 2.22. The first kappa shape index (κ1) is 22.5. The van der Waals surface area contributed by atoms with Gasteiger partial charge in [0.15, 0.2) is 0 Å². The molecule has 1 aromatic carbocycles. The molecule has 1 aliphatic rings. The lowest BCUT2D eigenvalue weighted by Gasteiger charge is -2.33. The van der Waals surface area contributed by atoms with Crippen LogP contribution in [0.15, 0.2) is 65.8 Å². The van der Waals surface area contributed by atoms with E-state index in [4.69, 9.17) is 0 Å². The zero-order valence-electron chi connectivity index (χ0n) is 18.8. The van der Waals surface area contributed by atoms with E-state index >= 15 is 0 Å². The second kappa shape index (κ2) is 10.3. The number of benzene rings is 1. The van der Waals surface area contributed by atoms with Crippen LogP contribution in [0.1, 0.15) is 34.6 Å². The summed E-state index contributed by atoms with van der Waals surface area (Å²) < 4.78 is 3.41. The number of rotatable bonds is 7. The predicted molar refractivity (Wildman–Crippen MR) is 125 cm³/mol. The molecule has 4 rings (SSSR count). The van der Waals surface area contributed by atoms with Crippen LogP contribution in [0.3, 0.4) is 0 Å². The number of hydrogen-bond donors (Lipinski definition) is 1. The van der Waals surface area contributed by atoms with Gasteiger partial charge in [0.2, 0.25) is 5.91 Å². The molecule has 8 heteroatoms. The van der Waals surface area contributed by atoms with Gasteiger partial charge in [-0.2, -0.15) is 0 Å². The maximum atomic E-state index is 13.2. The molecule has 0 spiro atoms. The number of aryl methyl sites for hydroxylation is 1. The normalized spacial score (nSPS) is 15.9. The van der Waals surface area contributed by atoms with Crippen LogP contribution in [-0.4, -0.2) is 43.9 Å². The minimum atomic E-state index is -0.312. The van der Waals surface area contributed by atoms with Crippen molar-refractivity contribution in [3.8, 4) is 0 Å². The van der Waals surface area contributed by atoms with E-state index in [0.717, 1.165) is 30.8 Å². The van der Waals surface area contributed by atoms with Gasteiger partial charge in [-0.05, 0) is 37.3 Å². The number of piperidine rings is 1. The molecule has 1 saturated heterocycles. The van der Waals surface area contributed by atoms with Crippen LogP contribution >= 0.6 is 0 Å². The number of amides is 2. The summed E-state index contributed by atoms with van der Waals surface area (Å²) in [6.07, 6.45) is 7.25. The third-order valence-corrected chi connectivity index (χ3v) is 6.06. The van der Waals surface area contributed by atoms with E-state index in [1.165, 1.54) is 16.8 Å². The number of hydrogen-bond acceptors (Lipinski definition) is 4. The Kier molecular flexibility index (Phi) is 7.02. The summed E-state index contributed by atoms with van der Waals surface area (Å²) in [5, 5.41) is 2.82. The van der Waals surface area contributed by atoms with Gasteiger partial charge in [-0.1, -0.05) is 30.3 Å². The Labute approximate surface area is 192 Å². The van der Waals surface area contributed by atoms with E-state index in [0.29, 0.717) is 31.1 Å².